The SMILES string of the molecule is c1sc(C2CCNCC2)nc1CSC1CCCCC1. The summed E-state index contributed by atoms with van der Waals surface area (Å²) >= 11 is 4.03. The highest BCUT2D eigenvalue weighted by molar-refractivity contribution is 7.99. The van der Waals surface area contributed by atoms with Crippen molar-refractivity contribution in [1.82, 2.24) is 10.3 Å². The van der Waals surface area contributed by atoms with E-state index in [4.69, 9.17) is 4.98 Å². The van der Waals surface area contributed by atoms with Crippen LogP contribution in [0.5, 0.6) is 0 Å². The molecule has 1 N–H and O–H groups in total. The molecular weight excluding hydrogens is 272 g/mol. The zero-order valence-electron chi connectivity index (χ0n) is 11.6. The van der Waals surface area contributed by atoms with Gasteiger partial charge in [-0.05, 0) is 38.8 Å². The van der Waals surface area contributed by atoms with E-state index in [9.17, 15) is 0 Å². The molecule has 0 aromatic carbocycles. The van der Waals surface area contributed by atoms with Gasteiger partial charge in [-0.25, -0.2) is 4.98 Å². The summed E-state index contributed by atoms with van der Waals surface area (Å²) in [5.41, 5.74) is 1.33. The lowest BCUT2D eigenvalue weighted by atomic mass is 9.99. The van der Waals surface area contributed by atoms with Gasteiger partial charge in [0.2, 0.25) is 0 Å². The Labute approximate surface area is 124 Å². The summed E-state index contributed by atoms with van der Waals surface area (Å²) in [6.07, 6.45) is 9.72. The summed E-state index contributed by atoms with van der Waals surface area (Å²) in [7, 11) is 0. The normalized spacial score (nSPS) is 22.7. The Hall–Kier alpha value is -0.0600. The van der Waals surface area contributed by atoms with Crippen molar-refractivity contribution < 1.29 is 0 Å². The van der Waals surface area contributed by atoms with Gasteiger partial charge in [0.1, 0.15) is 0 Å². The highest BCUT2D eigenvalue weighted by Crippen LogP contribution is 2.32. The topological polar surface area (TPSA) is 24.9 Å². The molecule has 2 heterocycles. The van der Waals surface area contributed by atoms with E-state index < -0.39 is 0 Å². The molecule has 0 spiro atoms. The fraction of sp³-hybridized carbons (Fsp3) is 0.800. The van der Waals surface area contributed by atoms with Crippen LogP contribution in [0.25, 0.3) is 0 Å². The minimum absolute atomic E-state index is 0.722. The first-order chi connectivity index (χ1) is 9.42. The number of hydrogen-bond donors (Lipinski definition) is 1. The number of nitrogens with zero attached hydrogens (tertiary/aromatic N) is 1. The number of piperidine rings is 1. The Morgan fingerprint density at radius 1 is 1.16 bits per heavy atom. The van der Waals surface area contributed by atoms with Gasteiger partial charge in [0.05, 0.1) is 10.7 Å². The van der Waals surface area contributed by atoms with Crippen molar-refractivity contribution in [2.75, 3.05) is 13.1 Å². The Morgan fingerprint density at radius 3 is 2.74 bits per heavy atom. The summed E-state index contributed by atoms with van der Waals surface area (Å²) in [5.74, 6) is 1.85. The van der Waals surface area contributed by atoms with E-state index in [0.717, 1.165) is 30.0 Å². The Balaban J connectivity index is 1.49. The summed E-state index contributed by atoms with van der Waals surface area (Å²) in [5, 5.41) is 8.02. The number of thiazole rings is 1. The lowest BCUT2D eigenvalue weighted by Gasteiger charge is -2.21. The second kappa shape index (κ2) is 7.09. The molecule has 2 fully saturated rings. The predicted octanol–water partition coefficient (Wildman–Crippen LogP) is 4.18. The van der Waals surface area contributed by atoms with E-state index in [0.29, 0.717) is 0 Å². The van der Waals surface area contributed by atoms with Crippen LogP contribution >= 0.6 is 23.1 Å². The molecule has 106 valence electrons. The zero-order chi connectivity index (χ0) is 12.9. The van der Waals surface area contributed by atoms with Gasteiger partial charge in [0.15, 0.2) is 0 Å². The van der Waals surface area contributed by atoms with Gasteiger partial charge >= 0.3 is 0 Å². The van der Waals surface area contributed by atoms with Crippen molar-refractivity contribution >= 4 is 23.1 Å². The van der Waals surface area contributed by atoms with Gasteiger partial charge in [0.25, 0.3) is 0 Å². The molecule has 1 aliphatic carbocycles. The smallest absolute Gasteiger partial charge is 0.0960 e. The first-order valence-electron chi connectivity index (χ1n) is 7.68. The van der Waals surface area contributed by atoms with Gasteiger partial charge in [0, 0.05) is 22.3 Å². The van der Waals surface area contributed by atoms with Gasteiger partial charge in [-0.15, -0.1) is 11.3 Å². The molecule has 1 saturated carbocycles. The second-order valence-corrected chi connectivity index (χ2v) is 7.95. The molecule has 1 aromatic rings. The molecule has 2 aliphatic rings. The monoisotopic (exact) mass is 296 g/mol. The highest BCUT2D eigenvalue weighted by Gasteiger charge is 2.19. The highest BCUT2D eigenvalue weighted by atomic mass is 32.2. The number of nitrogens with one attached hydrogen (secondary N) is 1. The van der Waals surface area contributed by atoms with Crippen molar-refractivity contribution in [2.45, 2.75) is 61.9 Å². The van der Waals surface area contributed by atoms with Crippen molar-refractivity contribution in [2.24, 2.45) is 0 Å². The van der Waals surface area contributed by atoms with Gasteiger partial charge < -0.3 is 5.32 Å². The fourth-order valence-corrected chi connectivity index (χ4v) is 5.40. The van der Waals surface area contributed by atoms with Crippen LogP contribution in [0, 0.1) is 0 Å². The van der Waals surface area contributed by atoms with Crippen LogP contribution in [0.15, 0.2) is 5.38 Å². The Bertz CT molecular complexity index is 379. The van der Waals surface area contributed by atoms with E-state index in [1.807, 2.05) is 11.3 Å². The lowest BCUT2D eigenvalue weighted by molar-refractivity contribution is 0.459. The number of aromatic nitrogens is 1. The summed E-state index contributed by atoms with van der Waals surface area (Å²) in [6, 6.07) is 0. The van der Waals surface area contributed by atoms with Gasteiger partial charge in [-0.1, -0.05) is 19.3 Å². The van der Waals surface area contributed by atoms with Crippen molar-refractivity contribution in [1.29, 1.82) is 0 Å². The molecule has 3 rings (SSSR count). The summed E-state index contributed by atoms with van der Waals surface area (Å²) < 4.78 is 0. The van der Waals surface area contributed by atoms with Crippen LogP contribution in [-0.2, 0) is 5.75 Å². The van der Waals surface area contributed by atoms with Crippen LogP contribution in [0.2, 0.25) is 0 Å². The molecule has 0 bridgehead atoms. The van der Waals surface area contributed by atoms with Crippen molar-refractivity contribution in [3.63, 3.8) is 0 Å². The molecule has 1 aromatic heterocycles. The molecule has 1 aliphatic heterocycles. The zero-order valence-corrected chi connectivity index (χ0v) is 13.2. The maximum absolute atomic E-state index is 4.89. The van der Waals surface area contributed by atoms with Crippen molar-refractivity contribution in [3.8, 4) is 0 Å². The molecular formula is C15H24N2S2. The molecule has 2 nitrogen and oxygen atoms in total. The maximum atomic E-state index is 4.89. The number of rotatable bonds is 4. The standard InChI is InChI=1S/C15H24N2S2/c1-2-4-14(5-3-1)18-10-13-11-19-15(17-13)12-6-8-16-9-7-12/h11-12,14,16H,1-10H2. The Kier molecular flexibility index (Phi) is 5.19. The first-order valence-corrected chi connectivity index (χ1v) is 9.61. The van der Waals surface area contributed by atoms with Crippen LogP contribution < -0.4 is 5.32 Å². The third kappa shape index (κ3) is 3.96. The summed E-state index contributed by atoms with van der Waals surface area (Å²) in [4.78, 5) is 4.89. The van der Waals surface area contributed by atoms with E-state index in [2.05, 4.69) is 22.5 Å². The third-order valence-corrected chi connectivity index (χ3v) is 6.74. The molecule has 0 unspecified atom stereocenters. The van der Waals surface area contributed by atoms with Crippen LogP contribution in [-0.4, -0.2) is 23.3 Å². The van der Waals surface area contributed by atoms with E-state index >= 15 is 0 Å². The average molecular weight is 297 g/mol. The van der Waals surface area contributed by atoms with E-state index in [-0.39, 0.29) is 0 Å². The molecule has 4 heteroatoms. The molecule has 0 atom stereocenters. The molecule has 0 amide bonds. The Morgan fingerprint density at radius 2 is 1.95 bits per heavy atom. The molecule has 1 saturated heterocycles. The van der Waals surface area contributed by atoms with Crippen LogP contribution in [0.1, 0.15) is 61.6 Å². The minimum Gasteiger partial charge on any atom is -0.317 e. The van der Waals surface area contributed by atoms with Crippen LogP contribution in [0.4, 0.5) is 0 Å². The quantitative estimate of drug-likeness (QED) is 0.902. The van der Waals surface area contributed by atoms with Gasteiger partial charge in [-0.3, -0.25) is 0 Å². The molecule has 19 heavy (non-hydrogen) atoms. The van der Waals surface area contributed by atoms with Crippen molar-refractivity contribution in [3.05, 3.63) is 16.1 Å². The number of hydrogen-bond acceptors (Lipinski definition) is 4. The van der Waals surface area contributed by atoms with E-state index in [1.54, 1.807) is 0 Å². The number of thioether (sulfide) groups is 1. The third-order valence-electron chi connectivity index (χ3n) is 4.28. The second-order valence-electron chi connectivity index (χ2n) is 5.77. The minimum atomic E-state index is 0.722. The predicted molar refractivity (Wildman–Crippen MR) is 85.1 cm³/mol. The summed E-state index contributed by atoms with van der Waals surface area (Å²) in [6.45, 7) is 2.33. The first kappa shape index (κ1) is 13.9. The molecule has 0 radical (unpaired) electrons. The van der Waals surface area contributed by atoms with E-state index in [1.165, 1.54) is 55.6 Å². The largest absolute Gasteiger partial charge is 0.317 e. The maximum Gasteiger partial charge on any atom is 0.0960 e. The van der Waals surface area contributed by atoms with Crippen LogP contribution in [0.3, 0.4) is 0 Å². The van der Waals surface area contributed by atoms with Gasteiger partial charge in [-0.2, -0.15) is 11.8 Å². The average Bonchev–Trinajstić information content (AvgIpc) is 2.96. The lowest BCUT2D eigenvalue weighted by Crippen LogP contribution is -2.26. The fourth-order valence-electron chi connectivity index (χ4n) is 3.08.